The number of benzene rings is 2. The van der Waals surface area contributed by atoms with Gasteiger partial charge in [0.1, 0.15) is 24.8 Å². The number of carbonyl (C=O) groups excluding carboxylic acids is 4. The summed E-state index contributed by atoms with van der Waals surface area (Å²) in [6, 6.07) is 18.8. The largest absolute Gasteiger partial charge is 0.462 e. The Morgan fingerprint density at radius 3 is 1.96 bits per heavy atom. The van der Waals surface area contributed by atoms with Crippen LogP contribution < -0.4 is 29.9 Å². The summed E-state index contributed by atoms with van der Waals surface area (Å²) in [6.07, 6.45) is 10.5. The highest BCUT2D eigenvalue weighted by atomic mass is 16.5. The predicted octanol–water partition coefficient (Wildman–Crippen LogP) is 4.72. The van der Waals surface area contributed by atoms with Gasteiger partial charge in [0.25, 0.3) is 5.91 Å². The molecule has 4 aromatic rings. The minimum atomic E-state index is -0.748. The molecule has 4 amide bonds. The zero-order valence-electron chi connectivity index (χ0n) is 47.1. The van der Waals surface area contributed by atoms with E-state index in [1.807, 2.05) is 24.3 Å². The van der Waals surface area contributed by atoms with Crippen LogP contribution in [0.1, 0.15) is 100 Å². The zero-order valence-corrected chi connectivity index (χ0v) is 47.1. The number of hydrogen-bond donors (Lipinski definition) is 2. The SMILES string of the molecule is C=CC(=O)N1CCN(c2nc(OCC3CC(c4cccc5c4NC(=O)C4(CCc6c(nc(OCC7CCCN7C)nc6N6CCN(C(=O)C=C)C(CC#N)C6)C4)C5)CN3C)nc3c2CCC2(Cc4ccccc4C(=O)N2)C3)CC1CC#N. The van der Waals surface area contributed by atoms with Crippen molar-refractivity contribution in [3.8, 4) is 24.2 Å². The highest BCUT2D eigenvalue weighted by molar-refractivity contribution is 6.00. The van der Waals surface area contributed by atoms with E-state index in [1.165, 1.54) is 12.2 Å². The van der Waals surface area contributed by atoms with Gasteiger partial charge in [-0.25, -0.2) is 0 Å². The van der Waals surface area contributed by atoms with Crippen LogP contribution in [0.5, 0.6) is 12.0 Å². The number of nitriles is 2. The third-order valence-electron chi connectivity index (χ3n) is 19.2. The Kier molecular flexibility index (Phi) is 14.9. The molecule has 4 saturated heterocycles. The van der Waals surface area contributed by atoms with Gasteiger partial charge < -0.3 is 44.6 Å². The van der Waals surface area contributed by atoms with E-state index in [1.54, 1.807) is 9.80 Å². The van der Waals surface area contributed by atoms with Crippen molar-refractivity contribution in [2.75, 3.05) is 94.8 Å². The molecule has 2 spiro atoms. The van der Waals surface area contributed by atoms with Gasteiger partial charge >= 0.3 is 12.0 Å². The Hall–Kier alpha value is -7.94. The second-order valence-corrected chi connectivity index (χ2v) is 24.0. The minimum Gasteiger partial charge on any atom is -0.462 e. The van der Waals surface area contributed by atoms with Gasteiger partial charge in [-0.1, -0.05) is 49.6 Å². The molecule has 8 aliphatic rings. The number of likely N-dealkylation sites (tertiary alicyclic amines) is 2. The summed E-state index contributed by atoms with van der Waals surface area (Å²) in [5.41, 5.74) is 7.13. The van der Waals surface area contributed by atoms with E-state index in [0.717, 1.165) is 88.9 Å². The van der Waals surface area contributed by atoms with Crippen molar-refractivity contribution < 1.29 is 28.7 Å². The molecule has 7 atom stereocenters. The first-order chi connectivity index (χ1) is 39.8. The first-order valence-corrected chi connectivity index (χ1v) is 29.2. The molecule has 0 bridgehead atoms. The molecule has 2 N–H and O–H groups in total. The van der Waals surface area contributed by atoms with Gasteiger partial charge in [-0.05, 0) is 113 Å². The molecule has 7 unspecified atom stereocenters. The van der Waals surface area contributed by atoms with Crippen LogP contribution in [-0.4, -0.2) is 173 Å². The predicted molar refractivity (Wildman–Crippen MR) is 306 cm³/mol. The number of fused-ring (bicyclic) bond motifs is 4. The number of anilines is 3. The molecule has 2 aromatic heterocycles. The van der Waals surface area contributed by atoms with Gasteiger partial charge in [0, 0.05) is 99.0 Å². The van der Waals surface area contributed by atoms with Gasteiger partial charge in [-0.15, -0.1) is 0 Å². The number of nitrogens with zero attached hydrogens (tertiary/aromatic N) is 12. The lowest BCUT2D eigenvalue weighted by Crippen LogP contribution is -2.57. The third kappa shape index (κ3) is 10.3. The molecule has 20 nitrogen and oxygen atoms in total. The number of likely N-dealkylation sites (N-methyl/N-ethyl adjacent to an activating group) is 2. The van der Waals surface area contributed by atoms with Gasteiger partial charge in [0.05, 0.1) is 59.4 Å². The molecule has 8 heterocycles. The average Bonchev–Trinajstić information content (AvgIpc) is 3.17. The van der Waals surface area contributed by atoms with E-state index in [4.69, 9.17) is 29.4 Å². The number of hydrogen-bond acceptors (Lipinski definition) is 16. The number of carbonyl (C=O) groups is 4. The second kappa shape index (κ2) is 22.4. The van der Waals surface area contributed by atoms with Crippen LogP contribution in [0.15, 0.2) is 67.8 Å². The number of nitrogens with one attached hydrogen (secondary N) is 2. The van der Waals surface area contributed by atoms with Crippen LogP contribution in [0.4, 0.5) is 17.3 Å². The van der Waals surface area contributed by atoms with Crippen LogP contribution in [0.25, 0.3) is 0 Å². The summed E-state index contributed by atoms with van der Waals surface area (Å²) in [7, 11) is 4.21. The molecule has 0 radical (unpaired) electrons. The third-order valence-corrected chi connectivity index (χ3v) is 19.2. The number of piperazine rings is 2. The second-order valence-electron chi connectivity index (χ2n) is 24.0. The lowest BCUT2D eigenvalue weighted by atomic mass is 9.67. The molecule has 4 fully saturated rings. The maximum atomic E-state index is 14.9. The number of para-hydroxylation sites is 1. The van der Waals surface area contributed by atoms with Crippen molar-refractivity contribution in [2.45, 2.75) is 119 Å². The van der Waals surface area contributed by atoms with Crippen molar-refractivity contribution in [1.82, 2.24) is 44.9 Å². The van der Waals surface area contributed by atoms with Crippen LogP contribution in [0.2, 0.25) is 0 Å². The molecule has 2 aliphatic carbocycles. The molecular formula is C62H72N14O6. The smallest absolute Gasteiger partial charge is 0.318 e. The lowest BCUT2D eigenvalue weighted by molar-refractivity contribution is -0.129. The highest BCUT2D eigenvalue weighted by Gasteiger charge is 2.49. The van der Waals surface area contributed by atoms with Crippen LogP contribution in [0.3, 0.4) is 0 Å². The van der Waals surface area contributed by atoms with Gasteiger partial charge in [-0.3, -0.25) is 24.1 Å². The fourth-order valence-electron chi connectivity index (χ4n) is 14.7. The average molecular weight is 1110 g/mol. The molecule has 426 valence electrons. The van der Waals surface area contributed by atoms with Gasteiger partial charge in [0.15, 0.2) is 0 Å². The zero-order chi connectivity index (χ0) is 56.9. The van der Waals surface area contributed by atoms with E-state index >= 15 is 0 Å². The molecule has 20 heteroatoms. The first-order valence-electron chi connectivity index (χ1n) is 29.2. The summed E-state index contributed by atoms with van der Waals surface area (Å²) in [4.78, 5) is 87.0. The van der Waals surface area contributed by atoms with E-state index < -0.39 is 11.0 Å². The van der Waals surface area contributed by atoms with Crippen molar-refractivity contribution in [3.05, 3.63) is 113 Å². The standard InChI is InChI=1S/C62H72N14O6/c1-5-52(77)75-27-25-73(35-42(75)18-22-63)55-48-16-20-61(32-50(48)65-59(68-55)81-37-44-13-10-24-71(44)3)30-40-12-9-15-46(54(40)67-58(61)80)41-29-45(72(4)34-41)38-82-60-66-51-33-62(31-39-11-7-8-14-47(39)57(79)70-62)21-17-49(51)56(69-60)74-26-28-76(53(78)6-2)43(36-74)19-23-64/h5-9,11-12,14-15,41-45H,1-2,10,13,16-21,24-38H2,3-4H3,(H,67,80)(H,70,79). The Bertz CT molecular complexity index is 3320. The van der Waals surface area contributed by atoms with Crippen LogP contribution >= 0.6 is 0 Å². The summed E-state index contributed by atoms with van der Waals surface area (Å²) >= 11 is 0. The fraction of sp³-hybridized carbons (Fsp3) is 0.516. The quantitative estimate of drug-likeness (QED) is 0.173. The Morgan fingerprint density at radius 2 is 1.33 bits per heavy atom. The van der Waals surface area contributed by atoms with E-state index in [0.29, 0.717) is 109 Å². The maximum absolute atomic E-state index is 14.9. The highest BCUT2D eigenvalue weighted by Crippen LogP contribution is 2.48. The number of rotatable bonds is 13. The summed E-state index contributed by atoms with van der Waals surface area (Å²) in [6.45, 7) is 12.6. The van der Waals surface area contributed by atoms with Gasteiger partial charge in [-0.2, -0.15) is 30.5 Å². The summed E-state index contributed by atoms with van der Waals surface area (Å²) in [5, 5.41) is 26.4. The monoisotopic (exact) mass is 1110 g/mol. The fourth-order valence-corrected chi connectivity index (χ4v) is 14.7. The molecule has 2 aromatic carbocycles. The molecule has 0 saturated carbocycles. The lowest BCUT2D eigenvalue weighted by Gasteiger charge is -2.44. The topological polar surface area (TPSA) is 229 Å². The minimum absolute atomic E-state index is 0.00152. The number of ether oxygens (including phenoxy) is 2. The van der Waals surface area contributed by atoms with Crippen molar-refractivity contribution in [1.29, 1.82) is 10.5 Å². The molecule has 6 aliphatic heterocycles. The molecular weight excluding hydrogens is 1040 g/mol. The van der Waals surface area contributed by atoms with Crippen molar-refractivity contribution >= 4 is 41.0 Å². The Balaban J connectivity index is 0.776. The van der Waals surface area contributed by atoms with Crippen molar-refractivity contribution in [2.24, 2.45) is 5.41 Å². The number of aromatic nitrogens is 4. The summed E-state index contributed by atoms with van der Waals surface area (Å²) in [5.74, 6) is 1.10. The van der Waals surface area contributed by atoms with E-state index in [-0.39, 0.29) is 78.6 Å². The molecule has 82 heavy (non-hydrogen) atoms. The van der Waals surface area contributed by atoms with Crippen LogP contribution in [0, 0.1) is 28.1 Å². The van der Waals surface area contributed by atoms with Gasteiger partial charge in [0.2, 0.25) is 17.7 Å². The summed E-state index contributed by atoms with van der Waals surface area (Å²) < 4.78 is 13.1. The van der Waals surface area contributed by atoms with E-state index in [2.05, 4.69) is 87.8 Å². The first kappa shape index (κ1) is 54.6. The Labute approximate surface area is 479 Å². The Morgan fingerprint density at radius 1 is 0.707 bits per heavy atom. The number of amides is 4. The van der Waals surface area contributed by atoms with Crippen LogP contribution in [-0.2, 0) is 52.9 Å². The maximum Gasteiger partial charge on any atom is 0.318 e. The van der Waals surface area contributed by atoms with E-state index in [9.17, 15) is 29.7 Å². The van der Waals surface area contributed by atoms with Crippen molar-refractivity contribution in [3.63, 3.8) is 0 Å². The molecule has 12 rings (SSSR count). The normalized spacial score (nSPS) is 26.9.